The fourth-order valence-corrected chi connectivity index (χ4v) is 4.64. The SMILES string of the molecule is CC(C)(C)[C@H](NC(=O)OCC1c2ccccc2-c2ccccc21)C(=O)NC1COCC1C(=O)O. The molecule has 2 aromatic rings. The van der Waals surface area contributed by atoms with Crippen LogP contribution in [0.5, 0.6) is 0 Å². The molecule has 2 aliphatic rings. The van der Waals surface area contributed by atoms with Gasteiger partial charge in [0.1, 0.15) is 18.6 Å². The van der Waals surface area contributed by atoms with Crippen molar-refractivity contribution in [1.29, 1.82) is 0 Å². The molecule has 2 unspecified atom stereocenters. The number of amides is 2. The van der Waals surface area contributed by atoms with Crippen LogP contribution >= 0.6 is 0 Å². The number of hydrogen-bond acceptors (Lipinski definition) is 5. The van der Waals surface area contributed by atoms with Gasteiger partial charge in [0.15, 0.2) is 0 Å². The van der Waals surface area contributed by atoms with E-state index in [1.807, 2.05) is 57.2 Å². The summed E-state index contributed by atoms with van der Waals surface area (Å²) in [6.07, 6.45) is -0.700. The molecule has 1 aliphatic heterocycles. The Kier molecular flexibility index (Phi) is 6.61. The van der Waals surface area contributed by atoms with Gasteiger partial charge in [-0.15, -0.1) is 0 Å². The highest BCUT2D eigenvalue weighted by Crippen LogP contribution is 2.44. The highest BCUT2D eigenvalue weighted by Gasteiger charge is 2.40. The number of fused-ring (bicyclic) bond motifs is 3. The molecule has 3 atom stereocenters. The molecule has 1 heterocycles. The second-order valence-corrected chi connectivity index (χ2v) is 9.87. The number of carbonyl (C=O) groups is 3. The Hall–Kier alpha value is -3.39. The molecule has 2 aromatic carbocycles. The highest BCUT2D eigenvalue weighted by atomic mass is 16.5. The summed E-state index contributed by atoms with van der Waals surface area (Å²) in [6.45, 7) is 5.75. The third-order valence-corrected chi connectivity index (χ3v) is 6.46. The fourth-order valence-electron chi connectivity index (χ4n) is 4.64. The summed E-state index contributed by atoms with van der Waals surface area (Å²) < 4.78 is 10.8. The first-order chi connectivity index (χ1) is 16.2. The Morgan fingerprint density at radius 1 is 1.03 bits per heavy atom. The lowest BCUT2D eigenvalue weighted by Gasteiger charge is -2.31. The number of carbonyl (C=O) groups excluding carboxylic acids is 2. The monoisotopic (exact) mass is 466 g/mol. The molecule has 1 saturated heterocycles. The quantitative estimate of drug-likeness (QED) is 0.603. The summed E-state index contributed by atoms with van der Waals surface area (Å²) >= 11 is 0. The van der Waals surface area contributed by atoms with Crippen molar-refractivity contribution in [2.75, 3.05) is 19.8 Å². The zero-order valence-electron chi connectivity index (χ0n) is 19.5. The number of aliphatic carboxylic acids is 1. The van der Waals surface area contributed by atoms with Crippen LogP contribution in [-0.4, -0.2) is 55.0 Å². The minimum absolute atomic E-state index is 0.0419. The minimum Gasteiger partial charge on any atom is -0.481 e. The van der Waals surface area contributed by atoms with Crippen molar-refractivity contribution in [2.45, 2.75) is 38.8 Å². The van der Waals surface area contributed by atoms with E-state index in [0.29, 0.717) is 0 Å². The third kappa shape index (κ3) is 4.77. The first-order valence-electron chi connectivity index (χ1n) is 11.4. The lowest BCUT2D eigenvalue weighted by Crippen LogP contribution is -2.57. The standard InChI is InChI=1S/C26H30N2O6/c1-26(2,3)22(23(29)27-21-14-33-12-20(21)24(30)31)28-25(32)34-13-19-17-10-6-4-8-15(17)16-9-5-7-11-18(16)19/h4-11,19-22H,12-14H2,1-3H3,(H,27,29)(H,28,32)(H,30,31)/t20?,21?,22-/m1/s1. The van der Waals surface area contributed by atoms with E-state index in [0.717, 1.165) is 22.3 Å². The van der Waals surface area contributed by atoms with Crippen LogP contribution < -0.4 is 10.6 Å². The molecule has 3 N–H and O–H groups in total. The van der Waals surface area contributed by atoms with E-state index in [9.17, 15) is 19.5 Å². The van der Waals surface area contributed by atoms with E-state index in [4.69, 9.17) is 9.47 Å². The number of rotatable bonds is 6. The van der Waals surface area contributed by atoms with E-state index < -0.39 is 41.4 Å². The summed E-state index contributed by atoms with van der Waals surface area (Å²) in [6, 6.07) is 14.5. The van der Waals surface area contributed by atoms with Gasteiger partial charge in [-0.3, -0.25) is 9.59 Å². The molecule has 4 rings (SSSR count). The largest absolute Gasteiger partial charge is 0.481 e. The summed E-state index contributed by atoms with van der Waals surface area (Å²) in [7, 11) is 0. The van der Waals surface area contributed by atoms with Crippen LogP contribution in [0.15, 0.2) is 48.5 Å². The molecule has 1 fully saturated rings. The predicted octanol–water partition coefficient (Wildman–Crippen LogP) is 3.16. The maximum absolute atomic E-state index is 13.0. The van der Waals surface area contributed by atoms with Crippen LogP contribution in [0.1, 0.15) is 37.8 Å². The van der Waals surface area contributed by atoms with Crippen molar-refractivity contribution >= 4 is 18.0 Å². The van der Waals surface area contributed by atoms with Crippen molar-refractivity contribution in [1.82, 2.24) is 10.6 Å². The molecule has 1 aliphatic carbocycles. The summed E-state index contributed by atoms with van der Waals surface area (Å²) in [5, 5.41) is 14.7. The van der Waals surface area contributed by atoms with Crippen LogP contribution in [-0.2, 0) is 19.1 Å². The van der Waals surface area contributed by atoms with Gasteiger partial charge >= 0.3 is 12.1 Å². The number of carboxylic acids is 1. The van der Waals surface area contributed by atoms with Gasteiger partial charge in [0.2, 0.25) is 5.91 Å². The van der Waals surface area contributed by atoms with E-state index in [1.54, 1.807) is 0 Å². The second-order valence-electron chi connectivity index (χ2n) is 9.87. The van der Waals surface area contributed by atoms with E-state index in [-0.39, 0.29) is 25.7 Å². The van der Waals surface area contributed by atoms with Crippen LogP contribution in [0.4, 0.5) is 4.79 Å². The molecule has 0 saturated carbocycles. The van der Waals surface area contributed by atoms with Gasteiger partial charge < -0.3 is 25.2 Å². The van der Waals surface area contributed by atoms with Gasteiger partial charge in [-0.1, -0.05) is 69.3 Å². The van der Waals surface area contributed by atoms with E-state index >= 15 is 0 Å². The Bertz CT molecular complexity index is 1050. The molecule has 180 valence electrons. The zero-order chi connectivity index (χ0) is 24.5. The number of hydrogen-bond donors (Lipinski definition) is 3. The summed E-state index contributed by atoms with van der Waals surface area (Å²) in [5.41, 5.74) is 3.83. The van der Waals surface area contributed by atoms with Crippen LogP contribution in [0, 0.1) is 11.3 Å². The molecule has 0 radical (unpaired) electrons. The topological polar surface area (TPSA) is 114 Å². The number of nitrogens with one attached hydrogen (secondary N) is 2. The van der Waals surface area contributed by atoms with Crippen molar-refractivity contribution in [3.05, 3.63) is 59.7 Å². The second kappa shape index (κ2) is 9.46. The number of carboxylic acid groups (broad SMARTS) is 1. The average Bonchev–Trinajstić information content (AvgIpc) is 3.38. The van der Waals surface area contributed by atoms with Crippen molar-refractivity contribution in [3.8, 4) is 11.1 Å². The van der Waals surface area contributed by atoms with Crippen LogP contribution in [0.2, 0.25) is 0 Å². The molecule has 0 spiro atoms. The first kappa shape index (κ1) is 23.8. The molecule has 34 heavy (non-hydrogen) atoms. The van der Waals surface area contributed by atoms with Crippen molar-refractivity contribution in [3.63, 3.8) is 0 Å². The minimum atomic E-state index is -1.03. The van der Waals surface area contributed by atoms with Gasteiger partial charge in [0.25, 0.3) is 0 Å². The number of ether oxygens (including phenoxy) is 2. The molecular formula is C26H30N2O6. The summed E-state index contributed by atoms with van der Waals surface area (Å²) in [5.74, 6) is -2.41. The molecule has 0 bridgehead atoms. The van der Waals surface area contributed by atoms with Crippen LogP contribution in [0.25, 0.3) is 11.1 Å². The Morgan fingerprint density at radius 2 is 1.62 bits per heavy atom. The lowest BCUT2D eigenvalue weighted by atomic mass is 9.86. The molecule has 8 nitrogen and oxygen atoms in total. The van der Waals surface area contributed by atoms with Crippen molar-refractivity contribution < 1.29 is 29.0 Å². The maximum atomic E-state index is 13.0. The third-order valence-electron chi connectivity index (χ3n) is 6.46. The maximum Gasteiger partial charge on any atom is 0.407 e. The Morgan fingerprint density at radius 3 is 2.18 bits per heavy atom. The number of benzene rings is 2. The smallest absolute Gasteiger partial charge is 0.407 e. The average molecular weight is 467 g/mol. The Labute approximate surface area is 198 Å². The first-order valence-corrected chi connectivity index (χ1v) is 11.4. The van der Waals surface area contributed by atoms with Gasteiger partial charge in [-0.25, -0.2) is 4.79 Å². The predicted molar refractivity (Wildman–Crippen MR) is 125 cm³/mol. The van der Waals surface area contributed by atoms with Crippen LogP contribution in [0.3, 0.4) is 0 Å². The Balaban J connectivity index is 1.42. The molecule has 2 amide bonds. The van der Waals surface area contributed by atoms with Gasteiger partial charge in [0.05, 0.1) is 19.3 Å². The highest BCUT2D eigenvalue weighted by molar-refractivity contribution is 5.87. The summed E-state index contributed by atoms with van der Waals surface area (Å²) in [4.78, 5) is 37.2. The molecule has 0 aromatic heterocycles. The van der Waals surface area contributed by atoms with E-state index in [2.05, 4.69) is 22.8 Å². The van der Waals surface area contributed by atoms with Crippen molar-refractivity contribution in [2.24, 2.45) is 11.3 Å². The lowest BCUT2D eigenvalue weighted by molar-refractivity contribution is -0.142. The fraction of sp³-hybridized carbons (Fsp3) is 0.423. The van der Waals surface area contributed by atoms with E-state index in [1.165, 1.54) is 0 Å². The van der Waals surface area contributed by atoms with Gasteiger partial charge in [-0.2, -0.15) is 0 Å². The molecule has 8 heteroatoms. The van der Waals surface area contributed by atoms with Gasteiger partial charge in [0, 0.05) is 5.92 Å². The zero-order valence-corrected chi connectivity index (χ0v) is 19.5. The number of alkyl carbamates (subject to hydrolysis) is 1. The normalized spacial score (nSPS) is 20.2. The molecular weight excluding hydrogens is 436 g/mol. The van der Waals surface area contributed by atoms with Gasteiger partial charge in [-0.05, 0) is 27.7 Å².